The molecule has 9 rings (SSSR count). The number of carboxylic acids is 1. The minimum Gasteiger partial charge on any atom is -0.481 e. The van der Waals surface area contributed by atoms with Crippen molar-refractivity contribution in [2.75, 3.05) is 6.54 Å². The van der Waals surface area contributed by atoms with Crippen molar-refractivity contribution in [1.82, 2.24) is 14.5 Å². The Labute approximate surface area is 229 Å². The number of benzene rings is 3. The van der Waals surface area contributed by atoms with Crippen LogP contribution in [0.4, 0.5) is 0 Å². The number of carbonyl (C=O) groups excluding carboxylic acids is 1. The maximum Gasteiger partial charge on any atom is 0.304 e. The lowest BCUT2D eigenvalue weighted by Crippen LogP contribution is -2.36. The lowest BCUT2D eigenvalue weighted by atomic mass is 9.83. The molecule has 0 spiro atoms. The highest BCUT2D eigenvalue weighted by Crippen LogP contribution is 2.35. The van der Waals surface area contributed by atoms with Gasteiger partial charge < -0.3 is 14.6 Å². The van der Waals surface area contributed by atoms with Crippen LogP contribution in [0.3, 0.4) is 0 Å². The smallest absolute Gasteiger partial charge is 0.304 e. The van der Waals surface area contributed by atoms with E-state index in [-0.39, 0.29) is 18.2 Å². The molecule has 200 valence electrons. The number of aryl methyl sites for hydroxylation is 3. The molecule has 1 amide bonds. The molecule has 39 heavy (non-hydrogen) atoms. The molecule has 5 aliphatic heterocycles. The highest BCUT2D eigenvalue weighted by molar-refractivity contribution is 5.94. The third-order valence-corrected chi connectivity index (χ3v) is 8.59. The maximum atomic E-state index is 13.4. The topological polar surface area (TPSA) is 75.4 Å². The average molecular weight is 522 g/mol. The summed E-state index contributed by atoms with van der Waals surface area (Å²) in [6, 6.07) is 18.6. The van der Waals surface area contributed by atoms with E-state index in [9.17, 15) is 14.7 Å². The molecule has 1 N–H and O–H groups in total. The summed E-state index contributed by atoms with van der Waals surface area (Å²) in [6.45, 7) is 4.20. The molecule has 3 aromatic carbocycles. The van der Waals surface area contributed by atoms with Crippen LogP contribution < -0.4 is 0 Å². The summed E-state index contributed by atoms with van der Waals surface area (Å²) in [5.74, 6) is -1.07. The van der Waals surface area contributed by atoms with Crippen LogP contribution in [0, 0.1) is 6.92 Å². The zero-order chi connectivity index (χ0) is 26.9. The van der Waals surface area contributed by atoms with E-state index in [1.165, 1.54) is 17.5 Å². The Morgan fingerprint density at radius 3 is 2.59 bits per heavy atom. The molecule has 4 aromatic rings. The van der Waals surface area contributed by atoms with Gasteiger partial charge in [-0.3, -0.25) is 9.59 Å². The summed E-state index contributed by atoms with van der Waals surface area (Å²) in [5.41, 5.74) is 9.40. The van der Waals surface area contributed by atoms with E-state index in [1.54, 1.807) is 0 Å². The second-order valence-electron chi connectivity index (χ2n) is 11.1. The molecule has 0 radical (unpaired) electrons. The third kappa shape index (κ3) is 5.08. The van der Waals surface area contributed by atoms with Crippen molar-refractivity contribution in [3.8, 4) is 0 Å². The fourth-order valence-electron chi connectivity index (χ4n) is 6.35. The first-order valence-corrected chi connectivity index (χ1v) is 14.1. The van der Waals surface area contributed by atoms with Crippen molar-refractivity contribution >= 4 is 22.9 Å². The number of aromatic nitrogens is 2. The molecule has 0 aliphatic carbocycles. The number of hydrogen-bond acceptors (Lipinski definition) is 3. The number of imidazole rings is 1. The Morgan fingerprint density at radius 1 is 0.949 bits per heavy atom. The number of carbonyl (C=O) groups is 2. The number of hydrogen-bond donors (Lipinski definition) is 1. The first kappa shape index (κ1) is 25.4. The standard InChI is InChI=1S/C33H35N3O3/c1-22-28-13-14-30-32(22)34-21-36(30)16-5-3-2-4-6-23-7-9-25(10-8-23)33(39)35-17-15-24-11-12-26(18-27(24)20-35)29(28)19-31(37)38/h7-14,18,21,29H,2-6,15-17,19-20H2,1H3,(H,37,38)/t29-/m1/s1. The minimum absolute atomic E-state index is 0.000829. The molecule has 0 saturated carbocycles. The zero-order valence-corrected chi connectivity index (χ0v) is 22.5. The first-order chi connectivity index (χ1) is 19.0. The molecule has 1 aromatic heterocycles. The van der Waals surface area contributed by atoms with E-state index in [4.69, 9.17) is 4.98 Å². The summed E-state index contributed by atoms with van der Waals surface area (Å²) in [6.07, 6.45) is 8.30. The van der Waals surface area contributed by atoms with Gasteiger partial charge in [0.1, 0.15) is 0 Å². The van der Waals surface area contributed by atoms with Gasteiger partial charge in [0, 0.05) is 31.1 Å². The van der Waals surface area contributed by atoms with Crippen LogP contribution in [0.25, 0.3) is 11.0 Å². The highest BCUT2D eigenvalue weighted by Gasteiger charge is 2.26. The van der Waals surface area contributed by atoms with E-state index in [2.05, 4.69) is 54.0 Å². The molecular weight excluding hydrogens is 486 g/mol. The predicted molar refractivity (Wildman–Crippen MR) is 152 cm³/mol. The molecule has 0 unspecified atom stereocenters. The van der Waals surface area contributed by atoms with Gasteiger partial charge in [-0.1, -0.05) is 49.2 Å². The minimum atomic E-state index is -0.829. The normalized spacial score (nSPS) is 18.0. The average Bonchev–Trinajstić information content (AvgIpc) is 3.36. The van der Waals surface area contributed by atoms with Crippen molar-refractivity contribution in [1.29, 1.82) is 0 Å². The Morgan fingerprint density at radius 2 is 1.77 bits per heavy atom. The summed E-state index contributed by atoms with van der Waals surface area (Å²) in [4.78, 5) is 32.1. The van der Waals surface area contributed by atoms with Crippen LogP contribution in [0.2, 0.25) is 0 Å². The second kappa shape index (κ2) is 10.7. The molecule has 0 fully saturated rings. The van der Waals surface area contributed by atoms with Gasteiger partial charge >= 0.3 is 5.97 Å². The Bertz CT molecular complexity index is 1540. The van der Waals surface area contributed by atoms with Gasteiger partial charge in [0.25, 0.3) is 5.91 Å². The van der Waals surface area contributed by atoms with Crippen molar-refractivity contribution in [2.45, 2.75) is 70.9 Å². The number of nitrogens with zero attached hydrogens (tertiary/aromatic N) is 3. The molecule has 6 heterocycles. The van der Waals surface area contributed by atoms with Gasteiger partial charge in [0.05, 0.1) is 23.8 Å². The molecular formula is C33H35N3O3. The zero-order valence-electron chi connectivity index (χ0n) is 22.5. The fraction of sp³-hybridized carbons (Fsp3) is 0.364. The van der Waals surface area contributed by atoms with E-state index in [0.29, 0.717) is 13.1 Å². The summed E-state index contributed by atoms with van der Waals surface area (Å²) >= 11 is 0. The van der Waals surface area contributed by atoms with Crippen molar-refractivity contribution in [3.05, 3.63) is 99.9 Å². The second-order valence-corrected chi connectivity index (χ2v) is 11.1. The SMILES string of the molecule is Cc1c2ccc3c1ncn3CCCCCCc1ccc(cc1)C(=O)N1CCc3ccc(cc3C1)[C@H]2CC(=O)O. The number of amides is 1. The monoisotopic (exact) mass is 521 g/mol. The van der Waals surface area contributed by atoms with Crippen LogP contribution in [-0.4, -0.2) is 38.0 Å². The number of carboxylic acid groups (broad SMARTS) is 1. The quantitative estimate of drug-likeness (QED) is 0.338. The van der Waals surface area contributed by atoms with Gasteiger partial charge in [-0.2, -0.15) is 0 Å². The molecule has 1 atom stereocenters. The van der Waals surface area contributed by atoms with Crippen molar-refractivity contribution in [3.63, 3.8) is 0 Å². The van der Waals surface area contributed by atoms with Crippen molar-refractivity contribution in [2.24, 2.45) is 0 Å². The van der Waals surface area contributed by atoms with Crippen LogP contribution in [0.15, 0.2) is 60.9 Å². The lowest BCUT2D eigenvalue weighted by Gasteiger charge is -2.30. The Hall–Kier alpha value is -3.93. The Kier molecular flexibility index (Phi) is 6.94. The predicted octanol–water partition coefficient (Wildman–Crippen LogP) is 6.27. The number of aliphatic carboxylic acids is 1. The molecule has 0 saturated heterocycles. The van der Waals surface area contributed by atoms with Gasteiger partial charge in [-0.15, -0.1) is 0 Å². The summed E-state index contributed by atoms with van der Waals surface area (Å²) < 4.78 is 2.23. The van der Waals surface area contributed by atoms with E-state index < -0.39 is 5.97 Å². The lowest BCUT2D eigenvalue weighted by molar-refractivity contribution is -0.137. The van der Waals surface area contributed by atoms with Crippen LogP contribution in [0.5, 0.6) is 0 Å². The van der Waals surface area contributed by atoms with Crippen molar-refractivity contribution < 1.29 is 14.7 Å². The van der Waals surface area contributed by atoms with Crippen LogP contribution in [0.1, 0.15) is 81.8 Å². The van der Waals surface area contributed by atoms with E-state index in [0.717, 1.165) is 77.5 Å². The van der Waals surface area contributed by atoms with E-state index >= 15 is 0 Å². The summed E-state index contributed by atoms with van der Waals surface area (Å²) in [5, 5.41) is 9.87. The van der Waals surface area contributed by atoms with Gasteiger partial charge in [0.2, 0.25) is 0 Å². The third-order valence-electron chi connectivity index (χ3n) is 8.59. The fourth-order valence-corrected chi connectivity index (χ4v) is 6.35. The summed E-state index contributed by atoms with van der Waals surface area (Å²) in [7, 11) is 0. The molecule has 6 heteroatoms. The molecule has 5 aliphatic rings. The Balaban J connectivity index is 1.41. The van der Waals surface area contributed by atoms with E-state index in [1.807, 2.05) is 23.4 Å². The highest BCUT2D eigenvalue weighted by atomic mass is 16.4. The first-order valence-electron chi connectivity index (χ1n) is 14.1. The molecule has 9 bridgehead atoms. The van der Waals surface area contributed by atoms with Crippen LogP contribution >= 0.6 is 0 Å². The number of rotatable bonds is 2. The van der Waals surface area contributed by atoms with Crippen LogP contribution in [-0.2, 0) is 30.7 Å². The van der Waals surface area contributed by atoms with Gasteiger partial charge in [-0.25, -0.2) is 4.98 Å². The largest absolute Gasteiger partial charge is 0.481 e. The van der Waals surface area contributed by atoms with Gasteiger partial charge in [0.15, 0.2) is 0 Å². The maximum absolute atomic E-state index is 13.4. The van der Waals surface area contributed by atoms with Gasteiger partial charge in [-0.05, 0) is 84.2 Å². The molecule has 6 nitrogen and oxygen atoms in total.